The van der Waals surface area contributed by atoms with Crippen LogP contribution in [-0.2, 0) is 0 Å². The highest BCUT2D eigenvalue weighted by atomic mass is 16.6. The molecule has 0 amide bonds. The summed E-state index contributed by atoms with van der Waals surface area (Å²) in [6.45, 7) is 7.42. The second-order valence-electron chi connectivity index (χ2n) is 6.12. The van der Waals surface area contributed by atoms with Gasteiger partial charge in [0, 0.05) is 36.1 Å². The van der Waals surface area contributed by atoms with Crippen LogP contribution in [0.1, 0.15) is 40.0 Å². The van der Waals surface area contributed by atoms with Crippen molar-refractivity contribution in [3.05, 3.63) is 28.3 Å². The van der Waals surface area contributed by atoms with Crippen molar-refractivity contribution in [1.82, 2.24) is 0 Å². The van der Waals surface area contributed by atoms with Gasteiger partial charge in [-0.1, -0.05) is 20.8 Å². The first-order valence-electron chi connectivity index (χ1n) is 7.81. The van der Waals surface area contributed by atoms with E-state index in [0.717, 1.165) is 30.8 Å². The Hall–Kier alpha value is -1.78. The zero-order valence-electron chi connectivity index (χ0n) is 13.1. The monoisotopic (exact) mass is 291 g/mol. The minimum absolute atomic E-state index is 0.136. The molecule has 1 aromatic carbocycles. The van der Waals surface area contributed by atoms with E-state index in [-0.39, 0.29) is 10.6 Å². The van der Waals surface area contributed by atoms with Gasteiger partial charge in [0.25, 0.3) is 5.69 Å². The quantitative estimate of drug-likeness (QED) is 0.607. The van der Waals surface area contributed by atoms with Gasteiger partial charge in [0.05, 0.1) is 4.92 Å². The van der Waals surface area contributed by atoms with Gasteiger partial charge in [-0.15, -0.1) is 0 Å². The van der Waals surface area contributed by atoms with Crippen molar-refractivity contribution in [2.24, 2.45) is 11.8 Å². The van der Waals surface area contributed by atoms with Crippen LogP contribution in [0.4, 0.5) is 17.1 Å². The van der Waals surface area contributed by atoms with E-state index >= 15 is 0 Å². The van der Waals surface area contributed by atoms with E-state index in [1.165, 1.54) is 6.42 Å². The van der Waals surface area contributed by atoms with E-state index in [0.29, 0.717) is 17.9 Å². The molecule has 1 saturated carbocycles. The Bertz CT molecular complexity index is 504. The van der Waals surface area contributed by atoms with Crippen molar-refractivity contribution in [2.45, 2.75) is 46.1 Å². The summed E-state index contributed by atoms with van der Waals surface area (Å²) in [6, 6.07) is 5.60. The van der Waals surface area contributed by atoms with Crippen LogP contribution >= 0.6 is 0 Å². The molecule has 1 aromatic rings. The molecule has 0 bridgehead atoms. The molecule has 116 valence electrons. The molecule has 1 aliphatic rings. The SMILES string of the molecule is CCCNc1cc(NC2CCC(C)C2C)cc([N+](=O)[O-])c1. The normalized spacial score (nSPS) is 24.8. The lowest BCUT2D eigenvalue weighted by molar-refractivity contribution is -0.384. The second-order valence-corrected chi connectivity index (χ2v) is 6.12. The second kappa shape index (κ2) is 6.78. The summed E-state index contributed by atoms with van der Waals surface area (Å²) in [4.78, 5) is 10.8. The maximum atomic E-state index is 11.1. The first-order valence-corrected chi connectivity index (χ1v) is 7.81. The summed E-state index contributed by atoms with van der Waals surface area (Å²) in [7, 11) is 0. The lowest BCUT2D eigenvalue weighted by Crippen LogP contribution is -2.24. The number of hydrogen-bond acceptors (Lipinski definition) is 4. The molecule has 5 heteroatoms. The fourth-order valence-corrected chi connectivity index (χ4v) is 2.95. The molecule has 0 heterocycles. The zero-order chi connectivity index (χ0) is 15.4. The van der Waals surface area contributed by atoms with E-state index in [9.17, 15) is 10.1 Å². The minimum Gasteiger partial charge on any atom is -0.385 e. The van der Waals surface area contributed by atoms with Gasteiger partial charge in [-0.05, 0) is 37.2 Å². The van der Waals surface area contributed by atoms with Crippen LogP contribution in [0, 0.1) is 22.0 Å². The van der Waals surface area contributed by atoms with Gasteiger partial charge in [0.1, 0.15) is 0 Å². The molecule has 3 unspecified atom stereocenters. The van der Waals surface area contributed by atoms with Crippen LogP contribution in [0.3, 0.4) is 0 Å². The van der Waals surface area contributed by atoms with Crippen molar-refractivity contribution in [2.75, 3.05) is 17.2 Å². The highest BCUT2D eigenvalue weighted by molar-refractivity contribution is 5.63. The Morgan fingerprint density at radius 2 is 1.95 bits per heavy atom. The minimum atomic E-state index is -0.330. The molecular weight excluding hydrogens is 266 g/mol. The Morgan fingerprint density at radius 1 is 1.24 bits per heavy atom. The van der Waals surface area contributed by atoms with Crippen LogP contribution in [0.25, 0.3) is 0 Å². The molecule has 0 aliphatic heterocycles. The van der Waals surface area contributed by atoms with Crippen LogP contribution in [0.2, 0.25) is 0 Å². The third kappa shape index (κ3) is 3.86. The van der Waals surface area contributed by atoms with E-state index in [1.54, 1.807) is 12.1 Å². The number of rotatable bonds is 6. The fraction of sp³-hybridized carbons (Fsp3) is 0.625. The number of nitrogens with zero attached hydrogens (tertiary/aromatic N) is 1. The van der Waals surface area contributed by atoms with Crippen molar-refractivity contribution >= 4 is 17.1 Å². The van der Waals surface area contributed by atoms with Crippen LogP contribution in [0.15, 0.2) is 18.2 Å². The summed E-state index contributed by atoms with van der Waals surface area (Å²) in [6.07, 6.45) is 3.33. The van der Waals surface area contributed by atoms with Gasteiger partial charge in [-0.25, -0.2) is 0 Å². The molecule has 3 atom stereocenters. The molecule has 0 spiro atoms. The smallest absolute Gasteiger partial charge is 0.273 e. The first-order chi connectivity index (χ1) is 10.0. The van der Waals surface area contributed by atoms with Crippen LogP contribution in [-0.4, -0.2) is 17.5 Å². The average molecular weight is 291 g/mol. The molecule has 0 aromatic heterocycles. The number of nitrogens with one attached hydrogen (secondary N) is 2. The zero-order valence-corrected chi connectivity index (χ0v) is 13.1. The number of hydrogen-bond donors (Lipinski definition) is 2. The summed E-state index contributed by atoms with van der Waals surface area (Å²) in [5.74, 6) is 1.30. The molecule has 21 heavy (non-hydrogen) atoms. The van der Waals surface area contributed by atoms with Gasteiger partial charge in [-0.2, -0.15) is 0 Å². The van der Waals surface area contributed by atoms with Crippen molar-refractivity contribution in [1.29, 1.82) is 0 Å². The van der Waals surface area contributed by atoms with E-state index < -0.39 is 0 Å². The number of non-ortho nitro benzene ring substituents is 1. The van der Waals surface area contributed by atoms with Crippen molar-refractivity contribution in [3.8, 4) is 0 Å². The molecule has 0 radical (unpaired) electrons. The lowest BCUT2D eigenvalue weighted by Gasteiger charge is -2.21. The van der Waals surface area contributed by atoms with Gasteiger partial charge >= 0.3 is 0 Å². The van der Waals surface area contributed by atoms with Crippen LogP contribution in [0.5, 0.6) is 0 Å². The number of benzene rings is 1. The Labute approximate surface area is 126 Å². The standard InChI is InChI=1S/C16H25N3O2/c1-4-7-17-13-8-14(10-15(9-13)19(20)21)18-16-6-5-11(2)12(16)3/h8-12,16-18H,4-7H2,1-3H3. The molecular formula is C16H25N3O2. The molecule has 1 aliphatic carbocycles. The Morgan fingerprint density at radius 3 is 2.52 bits per heavy atom. The molecule has 5 nitrogen and oxygen atoms in total. The topological polar surface area (TPSA) is 67.2 Å². The molecule has 1 fully saturated rings. The number of anilines is 2. The van der Waals surface area contributed by atoms with Crippen molar-refractivity contribution < 1.29 is 4.92 Å². The molecule has 2 rings (SSSR count). The van der Waals surface area contributed by atoms with Gasteiger partial charge < -0.3 is 10.6 Å². The maximum Gasteiger partial charge on any atom is 0.273 e. The third-order valence-electron chi connectivity index (χ3n) is 4.53. The highest BCUT2D eigenvalue weighted by Gasteiger charge is 2.29. The molecule has 2 N–H and O–H groups in total. The van der Waals surface area contributed by atoms with Crippen LogP contribution < -0.4 is 10.6 Å². The Kier molecular flexibility index (Phi) is 5.04. The average Bonchev–Trinajstić information content (AvgIpc) is 2.77. The van der Waals surface area contributed by atoms with E-state index in [4.69, 9.17) is 0 Å². The van der Waals surface area contributed by atoms with Crippen molar-refractivity contribution in [3.63, 3.8) is 0 Å². The lowest BCUT2D eigenvalue weighted by atomic mass is 9.97. The highest BCUT2D eigenvalue weighted by Crippen LogP contribution is 2.34. The predicted octanol–water partition coefficient (Wildman–Crippen LogP) is 4.26. The summed E-state index contributed by atoms with van der Waals surface area (Å²) < 4.78 is 0. The largest absolute Gasteiger partial charge is 0.385 e. The van der Waals surface area contributed by atoms with Gasteiger partial charge in [-0.3, -0.25) is 10.1 Å². The van der Waals surface area contributed by atoms with E-state index in [1.807, 2.05) is 6.07 Å². The number of nitro benzene ring substituents is 1. The first kappa shape index (κ1) is 15.6. The van der Waals surface area contributed by atoms with Gasteiger partial charge in [0.2, 0.25) is 0 Å². The maximum absolute atomic E-state index is 11.1. The number of nitro groups is 1. The predicted molar refractivity (Wildman–Crippen MR) is 86.8 cm³/mol. The molecule has 0 saturated heterocycles. The third-order valence-corrected chi connectivity index (χ3v) is 4.53. The van der Waals surface area contributed by atoms with E-state index in [2.05, 4.69) is 31.4 Å². The van der Waals surface area contributed by atoms with Gasteiger partial charge in [0.15, 0.2) is 0 Å². The fourth-order valence-electron chi connectivity index (χ4n) is 2.95. The summed E-state index contributed by atoms with van der Waals surface area (Å²) >= 11 is 0. The Balaban J connectivity index is 2.17. The summed E-state index contributed by atoms with van der Waals surface area (Å²) in [5, 5.41) is 17.8. The summed E-state index contributed by atoms with van der Waals surface area (Å²) in [5.41, 5.74) is 1.79.